The van der Waals surface area contributed by atoms with E-state index in [0.717, 1.165) is 23.2 Å². The molecule has 4 nitrogen and oxygen atoms in total. The van der Waals surface area contributed by atoms with Crippen molar-refractivity contribution in [2.24, 2.45) is 0 Å². The number of rotatable bonds is 4. The highest BCUT2D eigenvalue weighted by Gasteiger charge is 2.32. The molecule has 1 aromatic heterocycles. The summed E-state index contributed by atoms with van der Waals surface area (Å²) in [6.45, 7) is 1.96. The van der Waals surface area contributed by atoms with Crippen LogP contribution in [-0.4, -0.2) is 15.5 Å². The molecule has 0 aliphatic rings. The van der Waals surface area contributed by atoms with Gasteiger partial charge in [0.1, 0.15) is 17.6 Å². The molecule has 0 saturated carbocycles. The number of nitrogens with two attached hydrogens (primary N) is 1. The minimum atomic E-state index is -4.58. The second kappa shape index (κ2) is 7.13. The van der Waals surface area contributed by atoms with Crippen molar-refractivity contribution >= 4 is 40.8 Å². The lowest BCUT2D eigenvalue weighted by Gasteiger charge is -2.13. The van der Waals surface area contributed by atoms with Gasteiger partial charge >= 0.3 is 6.18 Å². The lowest BCUT2D eigenvalue weighted by atomic mass is 10.2. The predicted octanol–water partition coefficient (Wildman–Crippen LogP) is 5.15. The summed E-state index contributed by atoms with van der Waals surface area (Å²) in [5.74, 6) is 0.813. The third-order valence-electron chi connectivity index (χ3n) is 2.99. The van der Waals surface area contributed by atoms with Gasteiger partial charge in [-0.25, -0.2) is 4.68 Å². The van der Waals surface area contributed by atoms with Crippen LogP contribution in [0.3, 0.4) is 0 Å². The van der Waals surface area contributed by atoms with Crippen LogP contribution in [0.2, 0.25) is 10.0 Å². The number of nitrogens with zero attached hydrogens (tertiary/aromatic N) is 3. The van der Waals surface area contributed by atoms with Gasteiger partial charge < -0.3 is 5.73 Å². The molecule has 1 aromatic carbocycles. The smallest absolute Gasteiger partial charge is 0.383 e. The van der Waals surface area contributed by atoms with Gasteiger partial charge in [0.15, 0.2) is 5.69 Å². The first-order valence-electron chi connectivity index (χ1n) is 6.68. The Bertz CT molecular complexity index is 789. The van der Waals surface area contributed by atoms with Crippen molar-refractivity contribution in [2.75, 3.05) is 11.5 Å². The van der Waals surface area contributed by atoms with Crippen LogP contribution in [0.15, 0.2) is 17.0 Å². The molecule has 0 radical (unpaired) electrons. The molecule has 128 valence electrons. The maximum Gasteiger partial charge on any atom is 0.416 e. The van der Waals surface area contributed by atoms with Crippen molar-refractivity contribution in [3.8, 4) is 11.8 Å². The molecule has 2 N–H and O–H groups in total. The summed E-state index contributed by atoms with van der Waals surface area (Å²) in [5.41, 5.74) is 5.10. The van der Waals surface area contributed by atoms with Crippen LogP contribution >= 0.6 is 35.0 Å². The Balaban J connectivity index is 2.61. The van der Waals surface area contributed by atoms with Gasteiger partial charge in [0.05, 0.1) is 20.5 Å². The summed E-state index contributed by atoms with van der Waals surface area (Å²) in [6.07, 6.45) is -3.73. The molecule has 0 saturated heterocycles. The van der Waals surface area contributed by atoms with Crippen LogP contribution in [-0.2, 0) is 6.18 Å². The molecule has 0 bridgehead atoms. The Hall–Kier alpha value is -1.56. The second-order valence-electron chi connectivity index (χ2n) is 4.72. The van der Waals surface area contributed by atoms with Crippen LogP contribution in [0, 0.1) is 11.3 Å². The first-order valence-corrected chi connectivity index (χ1v) is 8.42. The molecule has 2 aromatic rings. The van der Waals surface area contributed by atoms with Crippen LogP contribution in [0.4, 0.5) is 19.0 Å². The third-order valence-corrected chi connectivity index (χ3v) is 4.87. The molecule has 0 fully saturated rings. The SMILES string of the molecule is CCCSc1c(C#N)nn(-c2c(Cl)cc(C(F)(F)F)cc2Cl)c1N. The van der Waals surface area contributed by atoms with Crippen LogP contribution in [0.5, 0.6) is 0 Å². The third kappa shape index (κ3) is 3.58. The lowest BCUT2D eigenvalue weighted by Crippen LogP contribution is -2.08. The molecule has 0 unspecified atom stereocenters. The Morgan fingerprint density at radius 1 is 1.33 bits per heavy atom. The molecule has 1 heterocycles. The van der Waals surface area contributed by atoms with Gasteiger partial charge in [-0.3, -0.25) is 0 Å². The van der Waals surface area contributed by atoms with Gasteiger partial charge in [0, 0.05) is 0 Å². The standard InChI is InChI=1S/C14H11Cl2F3N4S/c1-2-3-24-12-10(6-20)22-23(13(12)21)11-8(15)4-7(5-9(11)16)14(17,18)19/h4-5H,2-3,21H2,1H3. The average Bonchev–Trinajstić information content (AvgIpc) is 2.80. The summed E-state index contributed by atoms with van der Waals surface area (Å²) in [4.78, 5) is 0.450. The number of nitriles is 1. The molecule has 0 amide bonds. The van der Waals surface area contributed by atoms with E-state index < -0.39 is 11.7 Å². The van der Waals surface area contributed by atoms with Crippen LogP contribution in [0.25, 0.3) is 5.69 Å². The van der Waals surface area contributed by atoms with E-state index in [1.54, 1.807) is 0 Å². The molecular weight excluding hydrogens is 384 g/mol. The van der Waals surface area contributed by atoms with Gasteiger partial charge in [0.25, 0.3) is 0 Å². The second-order valence-corrected chi connectivity index (χ2v) is 6.64. The minimum absolute atomic E-state index is 0.00341. The van der Waals surface area contributed by atoms with Crippen molar-refractivity contribution in [3.63, 3.8) is 0 Å². The van der Waals surface area contributed by atoms with Gasteiger partial charge in [-0.15, -0.1) is 11.8 Å². The zero-order chi connectivity index (χ0) is 18.1. The number of hydrogen-bond acceptors (Lipinski definition) is 4. The monoisotopic (exact) mass is 394 g/mol. The highest BCUT2D eigenvalue weighted by atomic mass is 35.5. The fourth-order valence-electron chi connectivity index (χ4n) is 1.94. The molecule has 10 heteroatoms. The Kier molecular flexibility index (Phi) is 5.58. The molecule has 0 spiro atoms. The van der Waals surface area contributed by atoms with E-state index in [9.17, 15) is 18.4 Å². The summed E-state index contributed by atoms with van der Waals surface area (Å²) in [6, 6.07) is 3.40. The maximum atomic E-state index is 12.8. The number of aromatic nitrogens is 2. The molecular formula is C14H11Cl2F3N4S. The van der Waals surface area contributed by atoms with E-state index in [1.807, 2.05) is 13.0 Å². The van der Waals surface area contributed by atoms with Crippen molar-refractivity contribution < 1.29 is 13.2 Å². The molecule has 2 rings (SSSR count). The number of thioether (sulfide) groups is 1. The number of anilines is 1. The van der Waals surface area contributed by atoms with E-state index in [1.165, 1.54) is 11.8 Å². The summed E-state index contributed by atoms with van der Waals surface area (Å²) < 4.78 is 39.5. The Labute approximate surface area is 150 Å². The highest BCUT2D eigenvalue weighted by Crippen LogP contribution is 2.40. The van der Waals surface area contributed by atoms with E-state index in [-0.39, 0.29) is 27.2 Å². The van der Waals surface area contributed by atoms with Crippen molar-refractivity contribution in [1.29, 1.82) is 5.26 Å². The van der Waals surface area contributed by atoms with Gasteiger partial charge in [0.2, 0.25) is 0 Å². The summed E-state index contributed by atoms with van der Waals surface area (Å²) in [5, 5.41) is 12.7. The van der Waals surface area contributed by atoms with E-state index in [4.69, 9.17) is 28.9 Å². The minimum Gasteiger partial charge on any atom is -0.383 e. The number of benzene rings is 1. The van der Waals surface area contributed by atoms with Crippen LogP contribution < -0.4 is 5.73 Å². The van der Waals surface area contributed by atoms with Gasteiger partial charge in [-0.1, -0.05) is 30.1 Å². The molecule has 0 aliphatic carbocycles. The van der Waals surface area contributed by atoms with E-state index in [0.29, 0.717) is 10.6 Å². The predicted molar refractivity (Wildman–Crippen MR) is 88.7 cm³/mol. The lowest BCUT2D eigenvalue weighted by molar-refractivity contribution is -0.137. The van der Waals surface area contributed by atoms with Gasteiger partial charge in [-0.05, 0) is 24.3 Å². The fraction of sp³-hybridized carbons (Fsp3) is 0.286. The highest BCUT2D eigenvalue weighted by molar-refractivity contribution is 7.99. The largest absolute Gasteiger partial charge is 0.416 e. The number of hydrogen-bond donors (Lipinski definition) is 1. The first-order chi connectivity index (χ1) is 11.2. The maximum absolute atomic E-state index is 12.8. The van der Waals surface area contributed by atoms with Gasteiger partial charge in [-0.2, -0.15) is 23.5 Å². The molecule has 0 aliphatic heterocycles. The topological polar surface area (TPSA) is 67.6 Å². The van der Waals surface area contributed by atoms with Crippen molar-refractivity contribution in [2.45, 2.75) is 24.4 Å². The Morgan fingerprint density at radius 3 is 2.38 bits per heavy atom. The normalized spacial score (nSPS) is 11.5. The molecule has 0 atom stereocenters. The zero-order valence-corrected chi connectivity index (χ0v) is 14.6. The van der Waals surface area contributed by atoms with E-state index in [2.05, 4.69) is 5.10 Å². The van der Waals surface area contributed by atoms with Crippen molar-refractivity contribution in [3.05, 3.63) is 33.4 Å². The quantitative estimate of drug-likeness (QED) is 0.727. The molecule has 24 heavy (non-hydrogen) atoms. The average molecular weight is 395 g/mol. The van der Waals surface area contributed by atoms with Crippen molar-refractivity contribution in [1.82, 2.24) is 9.78 Å². The van der Waals surface area contributed by atoms with Crippen LogP contribution in [0.1, 0.15) is 24.6 Å². The summed E-state index contributed by atoms with van der Waals surface area (Å²) in [7, 11) is 0. The number of alkyl halides is 3. The zero-order valence-electron chi connectivity index (χ0n) is 12.3. The fourth-order valence-corrected chi connectivity index (χ4v) is 3.45. The number of halogens is 5. The number of nitrogen functional groups attached to an aromatic ring is 1. The summed E-state index contributed by atoms with van der Waals surface area (Å²) >= 11 is 13.3. The Morgan fingerprint density at radius 2 is 1.92 bits per heavy atom. The first kappa shape index (κ1) is 18.8. The van der Waals surface area contributed by atoms with E-state index >= 15 is 0 Å².